The zero-order chi connectivity index (χ0) is 15.5. The SMILES string of the molecule is COc1cc(N)ccc1C(=O)NCC1(N(C)C)CCCC1. The number of rotatable bonds is 5. The van der Waals surface area contributed by atoms with E-state index < -0.39 is 0 Å². The Kier molecular flexibility index (Phi) is 4.73. The molecule has 3 N–H and O–H groups in total. The summed E-state index contributed by atoms with van der Waals surface area (Å²) in [5, 5.41) is 3.06. The predicted molar refractivity (Wildman–Crippen MR) is 84.6 cm³/mol. The molecule has 2 rings (SSSR count). The van der Waals surface area contributed by atoms with Crippen LogP contribution in [0.25, 0.3) is 0 Å². The number of nitrogens with zero attached hydrogens (tertiary/aromatic N) is 1. The number of hydrogen-bond donors (Lipinski definition) is 2. The molecule has 1 aromatic rings. The topological polar surface area (TPSA) is 67.6 Å². The molecule has 5 heteroatoms. The fraction of sp³-hybridized carbons (Fsp3) is 0.562. The van der Waals surface area contributed by atoms with Gasteiger partial charge in [-0.1, -0.05) is 12.8 Å². The summed E-state index contributed by atoms with van der Waals surface area (Å²) < 4.78 is 5.24. The molecule has 1 amide bonds. The Morgan fingerprint density at radius 2 is 2.05 bits per heavy atom. The number of nitrogens with one attached hydrogen (secondary N) is 1. The van der Waals surface area contributed by atoms with Crippen molar-refractivity contribution in [3.05, 3.63) is 23.8 Å². The standard InChI is InChI=1S/C16H25N3O2/c1-19(2)16(8-4-5-9-16)11-18-15(20)13-7-6-12(17)10-14(13)21-3/h6-7,10H,4-5,8-9,11,17H2,1-3H3,(H,18,20). The maximum Gasteiger partial charge on any atom is 0.255 e. The first-order valence-electron chi connectivity index (χ1n) is 7.38. The Bertz CT molecular complexity index is 508. The summed E-state index contributed by atoms with van der Waals surface area (Å²) in [6.07, 6.45) is 4.69. The van der Waals surface area contributed by atoms with E-state index in [1.807, 2.05) is 0 Å². The molecule has 1 aliphatic rings. The van der Waals surface area contributed by atoms with Gasteiger partial charge in [-0.05, 0) is 39.1 Å². The fourth-order valence-electron chi connectivity index (χ4n) is 3.05. The third kappa shape index (κ3) is 3.29. The Hall–Kier alpha value is -1.75. The lowest BCUT2D eigenvalue weighted by atomic mass is 9.96. The highest BCUT2D eigenvalue weighted by molar-refractivity contribution is 5.97. The van der Waals surface area contributed by atoms with Gasteiger partial charge >= 0.3 is 0 Å². The van der Waals surface area contributed by atoms with Crippen molar-refractivity contribution < 1.29 is 9.53 Å². The van der Waals surface area contributed by atoms with Crippen molar-refractivity contribution in [1.29, 1.82) is 0 Å². The molecule has 0 atom stereocenters. The highest BCUT2D eigenvalue weighted by Crippen LogP contribution is 2.33. The van der Waals surface area contributed by atoms with Crippen molar-refractivity contribution in [2.75, 3.05) is 33.5 Å². The minimum absolute atomic E-state index is 0.0801. The lowest BCUT2D eigenvalue weighted by Gasteiger charge is -2.36. The predicted octanol–water partition coefficient (Wildman–Crippen LogP) is 1.88. The first-order chi connectivity index (χ1) is 9.98. The van der Waals surface area contributed by atoms with Crippen LogP contribution in [0.1, 0.15) is 36.0 Å². The van der Waals surface area contributed by atoms with Crippen LogP contribution in [-0.4, -0.2) is 44.1 Å². The number of nitrogen functional groups attached to an aromatic ring is 1. The number of anilines is 1. The largest absolute Gasteiger partial charge is 0.496 e. The lowest BCUT2D eigenvalue weighted by Crippen LogP contribution is -2.50. The van der Waals surface area contributed by atoms with Crippen molar-refractivity contribution in [2.45, 2.75) is 31.2 Å². The number of hydrogen-bond acceptors (Lipinski definition) is 4. The van der Waals surface area contributed by atoms with Crippen LogP contribution in [0.5, 0.6) is 5.75 Å². The van der Waals surface area contributed by atoms with E-state index in [4.69, 9.17) is 10.5 Å². The van der Waals surface area contributed by atoms with E-state index in [0.717, 1.165) is 12.8 Å². The summed E-state index contributed by atoms with van der Waals surface area (Å²) >= 11 is 0. The number of nitrogens with two attached hydrogens (primary N) is 1. The summed E-state index contributed by atoms with van der Waals surface area (Å²) in [5.74, 6) is 0.401. The van der Waals surface area contributed by atoms with Gasteiger partial charge in [0.1, 0.15) is 5.75 Å². The molecule has 0 radical (unpaired) electrons. The van der Waals surface area contributed by atoms with Crippen molar-refractivity contribution >= 4 is 11.6 Å². The molecule has 1 fully saturated rings. The summed E-state index contributed by atoms with van der Waals surface area (Å²) in [5.41, 5.74) is 6.91. The molecular formula is C16H25N3O2. The van der Waals surface area contributed by atoms with Gasteiger partial charge in [-0.3, -0.25) is 4.79 Å². The highest BCUT2D eigenvalue weighted by Gasteiger charge is 2.36. The Morgan fingerprint density at radius 1 is 1.38 bits per heavy atom. The molecule has 116 valence electrons. The minimum Gasteiger partial charge on any atom is -0.496 e. The quantitative estimate of drug-likeness (QED) is 0.813. The molecular weight excluding hydrogens is 266 g/mol. The normalized spacial score (nSPS) is 17.0. The molecule has 1 aromatic carbocycles. The van der Waals surface area contributed by atoms with Crippen LogP contribution in [0.3, 0.4) is 0 Å². The maximum absolute atomic E-state index is 12.4. The van der Waals surface area contributed by atoms with Gasteiger partial charge in [0.05, 0.1) is 12.7 Å². The van der Waals surface area contributed by atoms with Crippen molar-refractivity contribution in [3.63, 3.8) is 0 Å². The second kappa shape index (κ2) is 6.35. The van der Waals surface area contributed by atoms with Crippen LogP contribution in [0.2, 0.25) is 0 Å². The first-order valence-corrected chi connectivity index (χ1v) is 7.38. The number of likely N-dealkylation sites (N-methyl/N-ethyl adjacent to an activating group) is 1. The van der Waals surface area contributed by atoms with Crippen molar-refractivity contribution in [3.8, 4) is 5.75 Å². The molecule has 0 aliphatic heterocycles. The van der Waals surface area contributed by atoms with Crippen LogP contribution in [0.15, 0.2) is 18.2 Å². The lowest BCUT2D eigenvalue weighted by molar-refractivity contribution is 0.0897. The summed E-state index contributed by atoms with van der Waals surface area (Å²) in [4.78, 5) is 14.6. The zero-order valence-corrected chi connectivity index (χ0v) is 13.1. The zero-order valence-electron chi connectivity index (χ0n) is 13.1. The Labute approximate surface area is 126 Å². The summed E-state index contributed by atoms with van der Waals surface area (Å²) in [6.45, 7) is 0.659. The molecule has 0 spiro atoms. The van der Waals surface area contributed by atoms with E-state index in [-0.39, 0.29) is 11.4 Å². The number of ether oxygens (including phenoxy) is 1. The van der Waals surface area contributed by atoms with E-state index in [1.165, 1.54) is 12.8 Å². The molecule has 1 aliphatic carbocycles. The van der Waals surface area contributed by atoms with Gasteiger partial charge in [-0.25, -0.2) is 0 Å². The number of carbonyl (C=O) groups excluding carboxylic acids is 1. The van der Waals surface area contributed by atoms with Gasteiger partial charge in [0.25, 0.3) is 5.91 Å². The maximum atomic E-state index is 12.4. The van der Waals surface area contributed by atoms with Crippen LogP contribution in [-0.2, 0) is 0 Å². The van der Waals surface area contributed by atoms with E-state index in [2.05, 4.69) is 24.3 Å². The van der Waals surface area contributed by atoms with E-state index in [1.54, 1.807) is 25.3 Å². The smallest absolute Gasteiger partial charge is 0.255 e. The molecule has 0 unspecified atom stereocenters. The van der Waals surface area contributed by atoms with Crippen molar-refractivity contribution in [2.24, 2.45) is 0 Å². The van der Waals surface area contributed by atoms with Crippen molar-refractivity contribution in [1.82, 2.24) is 10.2 Å². The second-order valence-electron chi connectivity index (χ2n) is 5.97. The van der Waals surface area contributed by atoms with Crippen LogP contribution < -0.4 is 15.8 Å². The molecule has 0 aromatic heterocycles. The highest BCUT2D eigenvalue weighted by atomic mass is 16.5. The second-order valence-corrected chi connectivity index (χ2v) is 5.97. The Balaban J connectivity index is 2.08. The van der Waals surface area contributed by atoms with Gasteiger partial charge < -0.3 is 20.7 Å². The molecule has 0 bridgehead atoms. The van der Waals surface area contributed by atoms with Gasteiger partial charge in [0, 0.05) is 23.8 Å². The van der Waals surface area contributed by atoms with Gasteiger partial charge in [0.2, 0.25) is 0 Å². The Morgan fingerprint density at radius 3 is 2.62 bits per heavy atom. The van der Waals surface area contributed by atoms with Crippen LogP contribution in [0.4, 0.5) is 5.69 Å². The van der Waals surface area contributed by atoms with Gasteiger partial charge in [-0.2, -0.15) is 0 Å². The summed E-state index contributed by atoms with van der Waals surface area (Å²) in [6, 6.07) is 5.10. The minimum atomic E-state index is -0.111. The first kappa shape index (κ1) is 15.6. The molecule has 21 heavy (non-hydrogen) atoms. The molecule has 5 nitrogen and oxygen atoms in total. The van der Waals surface area contributed by atoms with Gasteiger partial charge in [0.15, 0.2) is 0 Å². The monoisotopic (exact) mass is 291 g/mol. The number of benzene rings is 1. The number of carbonyl (C=O) groups is 1. The van der Waals surface area contributed by atoms with Crippen LogP contribution in [0, 0.1) is 0 Å². The third-order valence-corrected chi connectivity index (χ3v) is 4.53. The average molecular weight is 291 g/mol. The number of methoxy groups -OCH3 is 1. The van der Waals surface area contributed by atoms with Gasteiger partial charge in [-0.15, -0.1) is 0 Å². The number of amides is 1. The fourth-order valence-corrected chi connectivity index (χ4v) is 3.05. The molecule has 0 saturated heterocycles. The molecule has 1 saturated carbocycles. The third-order valence-electron chi connectivity index (χ3n) is 4.53. The summed E-state index contributed by atoms with van der Waals surface area (Å²) in [7, 11) is 5.71. The van der Waals surface area contributed by atoms with E-state index >= 15 is 0 Å². The van der Waals surface area contributed by atoms with E-state index in [0.29, 0.717) is 23.5 Å². The van der Waals surface area contributed by atoms with Crippen LogP contribution >= 0.6 is 0 Å². The van der Waals surface area contributed by atoms with E-state index in [9.17, 15) is 4.79 Å². The average Bonchev–Trinajstić information content (AvgIpc) is 2.94. The molecule has 0 heterocycles.